The molecular formula is C21H29N5O2S. The minimum Gasteiger partial charge on any atom is -0.593 e. The number of H-pyrrole nitrogens is 1. The Bertz CT molecular complexity index is 875. The van der Waals surface area contributed by atoms with Gasteiger partial charge in [-0.15, -0.1) is 4.72 Å². The van der Waals surface area contributed by atoms with Crippen molar-refractivity contribution in [1.29, 1.82) is 5.41 Å². The molecule has 3 rings (SSSR count). The number of pyridine rings is 1. The van der Waals surface area contributed by atoms with Crippen molar-refractivity contribution in [3.8, 4) is 0 Å². The van der Waals surface area contributed by atoms with Gasteiger partial charge < -0.3 is 20.2 Å². The van der Waals surface area contributed by atoms with Crippen LogP contribution in [-0.4, -0.2) is 27.5 Å². The lowest BCUT2D eigenvalue weighted by Crippen LogP contribution is -2.30. The summed E-state index contributed by atoms with van der Waals surface area (Å²) in [5, 5.41) is 14.9. The Kier molecular flexibility index (Phi) is 7.35. The van der Waals surface area contributed by atoms with Crippen molar-refractivity contribution in [2.75, 3.05) is 10.6 Å². The van der Waals surface area contributed by atoms with Gasteiger partial charge in [-0.3, -0.25) is 10.2 Å². The average Bonchev–Trinajstić information content (AvgIpc) is 2.69. The largest absolute Gasteiger partial charge is 0.593 e. The van der Waals surface area contributed by atoms with E-state index in [2.05, 4.69) is 20.3 Å². The number of rotatable bonds is 7. The smallest absolute Gasteiger partial charge is 0.261 e. The standard InChI is InChI=1S/C21H29N5O2S/c1-14(2)26-29(28)17-10-8-16(9-11-17)25-20(22)19-18(12-13-23-21(19)27)24-15-6-4-3-5-7-15/h8-15,26H,3-7H2,1-2H3,(H2,22,25)(H2,23,24,27). The van der Waals surface area contributed by atoms with E-state index in [1.807, 2.05) is 19.9 Å². The van der Waals surface area contributed by atoms with Crippen LogP contribution in [0.25, 0.3) is 0 Å². The number of hydrogen-bond donors (Lipinski definition) is 5. The molecule has 1 atom stereocenters. The van der Waals surface area contributed by atoms with Crippen LogP contribution in [0.1, 0.15) is 51.5 Å². The maximum Gasteiger partial charge on any atom is 0.261 e. The maximum atomic E-state index is 12.4. The first-order chi connectivity index (χ1) is 13.9. The minimum absolute atomic E-state index is 0.0272. The molecule has 1 heterocycles. The first kappa shape index (κ1) is 21.4. The number of nitrogens with one attached hydrogen (secondary N) is 5. The second kappa shape index (κ2) is 9.96. The van der Waals surface area contributed by atoms with Crippen LogP contribution in [0.15, 0.2) is 46.2 Å². The monoisotopic (exact) mass is 415 g/mol. The number of hydrogen-bond acceptors (Lipinski definition) is 5. The summed E-state index contributed by atoms with van der Waals surface area (Å²) >= 11 is -1.28. The molecule has 0 amide bonds. The second-order valence-electron chi connectivity index (χ2n) is 7.64. The Morgan fingerprint density at radius 2 is 1.86 bits per heavy atom. The quantitative estimate of drug-likeness (QED) is 0.269. The van der Waals surface area contributed by atoms with Crippen molar-refractivity contribution in [3.63, 3.8) is 0 Å². The van der Waals surface area contributed by atoms with Gasteiger partial charge in [-0.05, 0) is 57.0 Å². The van der Waals surface area contributed by atoms with Crippen LogP contribution in [0.2, 0.25) is 0 Å². The molecule has 1 aliphatic carbocycles. The Morgan fingerprint density at radius 1 is 1.17 bits per heavy atom. The molecular weight excluding hydrogens is 386 g/mol. The van der Waals surface area contributed by atoms with Crippen LogP contribution in [0, 0.1) is 5.41 Å². The van der Waals surface area contributed by atoms with Gasteiger partial charge >= 0.3 is 0 Å². The molecule has 1 aromatic heterocycles. The lowest BCUT2D eigenvalue weighted by atomic mass is 9.95. The number of anilines is 2. The summed E-state index contributed by atoms with van der Waals surface area (Å²) in [6, 6.07) is 9.27. The van der Waals surface area contributed by atoms with Gasteiger partial charge in [0.25, 0.3) is 5.56 Å². The van der Waals surface area contributed by atoms with Gasteiger partial charge in [0, 0.05) is 24.0 Å². The number of amidine groups is 1. The van der Waals surface area contributed by atoms with Crippen LogP contribution >= 0.6 is 0 Å². The van der Waals surface area contributed by atoms with Crippen LogP contribution in [0.3, 0.4) is 0 Å². The van der Waals surface area contributed by atoms with Crippen molar-refractivity contribution in [1.82, 2.24) is 9.71 Å². The molecule has 1 fully saturated rings. The molecule has 0 saturated heterocycles. The summed E-state index contributed by atoms with van der Waals surface area (Å²) in [5.74, 6) is 0.0272. The van der Waals surface area contributed by atoms with E-state index >= 15 is 0 Å². The molecule has 29 heavy (non-hydrogen) atoms. The third kappa shape index (κ3) is 5.85. The van der Waals surface area contributed by atoms with Gasteiger partial charge in [-0.2, -0.15) is 0 Å². The maximum absolute atomic E-state index is 12.4. The lowest BCUT2D eigenvalue weighted by molar-refractivity contribution is 0.462. The van der Waals surface area contributed by atoms with Crippen LogP contribution in [0.5, 0.6) is 0 Å². The normalized spacial score (nSPS) is 15.9. The van der Waals surface area contributed by atoms with E-state index in [4.69, 9.17) is 5.41 Å². The average molecular weight is 416 g/mol. The zero-order chi connectivity index (χ0) is 20.8. The van der Waals surface area contributed by atoms with Gasteiger partial charge in [0.1, 0.15) is 11.4 Å². The SMILES string of the molecule is CC(C)N[S+]([O-])c1ccc(NC(=N)c2c(NC3CCCCC3)cc[nH]c2=O)cc1. The first-order valence-corrected chi connectivity index (χ1v) is 11.2. The molecule has 5 N–H and O–H groups in total. The van der Waals surface area contributed by atoms with E-state index in [1.54, 1.807) is 30.5 Å². The third-order valence-electron chi connectivity index (χ3n) is 4.86. The molecule has 7 nitrogen and oxygen atoms in total. The van der Waals surface area contributed by atoms with Gasteiger partial charge in [0.2, 0.25) is 0 Å². The fourth-order valence-electron chi connectivity index (χ4n) is 3.46. The molecule has 1 unspecified atom stereocenters. The number of aromatic nitrogens is 1. The van der Waals surface area contributed by atoms with E-state index in [0.717, 1.165) is 12.8 Å². The summed E-state index contributed by atoms with van der Waals surface area (Å²) in [5.41, 5.74) is 1.33. The van der Waals surface area contributed by atoms with E-state index < -0.39 is 11.4 Å². The van der Waals surface area contributed by atoms with Gasteiger partial charge in [-0.25, -0.2) is 0 Å². The van der Waals surface area contributed by atoms with Gasteiger partial charge in [0.15, 0.2) is 4.90 Å². The second-order valence-corrected chi connectivity index (χ2v) is 8.88. The van der Waals surface area contributed by atoms with E-state index in [9.17, 15) is 9.35 Å². The molecule has 8 heteroatoms. The van der Waals surface area contributed by atoms with E-state index in [1.165, 1.54) is 19.3 Å². The molecule has 1 saturated carbocycles. The molecule has 0 aliphatic heterocycles. The summed E-state index contributed by atoms with van der Waals surface area (Å²) in [6.07, 6.45) is 7.39. The van der Waals surface area contributed by atoms with Crippen molar-refractivity contribution >= 4 is 28.6 Å². The topological polar surface area (TPSA) is 116 Å². The van der Waals surface area contributed by atoms with Crippen molar-refractivity contribution in [2.45, 2.75) is 62.9 Å². The number of benzene rings is 1. The van der Waals surface area contributed by atoms with Crippen LogP contribution in [-0.2, 0) is 11.4 Å². The summed E-state index contributed by atoms with van der Waals surface area (Å²) in [6.45, 7) is 3.87. The van der Waals surface area contributed by atoms with E-state index in [0.29, 0.717) is 27.9 Å². The molecule has 0 radical (unpaired) electrons. The van der Waals surface area contributed by atoms with Gasteiger partial charge in [0.05, 0.1) is 17.0 Å². The Balaban J connectivity index is 1.72. The van der Waals surface area contributed by atoms with Crippen LogP contribution in [0.4, 0.5) is 11.4 Å². The first-order valence-electron chi connectivity index (χ1n) is 10.1. The predicted molar refractivity (Wildman–Crippen MR) is 119 cm³/mol. The predicted octanol–water partition coefficient (Wildman–Crippen LogP) is 3.58. The fourth-order valence-corrected chi connectivity index (χ4v) is 4.41. The van der Waals surface area contributed by atoms with Crippen LogP contribution < -0.4 is 20.9 Å². The van der Waals surface area contributed by atoms with E-state index in [-0.39, 0.29) is 17.4 Å². The molecule has 1 aromatic carbocycles. The lowest BCUT2D eigenvalue weighted by Gasteiger charge is -2.25. The molecule has 0 spiro atoms. The Labute approximate surface area is 174 Å². The Morgan fingerprint density at radius 3 is 2.52 bits per heavy atom. The van der Waals surface area contributed by atoms with Crippen molar-refractivity contribution in [3.05, 3.63) is 52.4 Å². The third-order valence-corrected chi connectivity index (χ3v) is 6.24. The number of aromatic amines is 1. The summed E-state index contributed by atoms with van der Waals surface area (Å²) in [7, 11) is 0. The summed E-state index contributed by atoms with van der Waals surface area (Å²) in [4.78, 5) is 15.8. The molecule has 0 bridgehead atoms. The minimum atomic E-state index is -1.28. The highest BCUT2D eigenvalue weighted by Crippen LogP contribution is 2.23. The van der Waals surface area contributed by atoms with Crippen molar-refractivity contribution in [2.24, 2.45) is 0 Å². The summed E-state index contributed by atoms with van der Waals surface area (Å²) < 4.78 is 15.1. The zero-order valence-corrected chi connectivity index (χ0v) is 17.7. The Hall–Kier alpha value is -2.29. The fraction of sp³-hybridized carbons (Fsp3) is 0.429. The van der Waals surface area contributed by atoms with Crippen molar-refractivity contribution < 1.29 is 4.55 Å². The highest BCUT2D eigenvalue weighted by Gasteiger charge is 2.19. The highest BCUT2D eigenvalue weighted by molar-refractivity contribution is 7.89. The molecule has 156 valence electrons. The van der Waals surface area contributed by atoms with Gasteiger partial charge in [-0.1, -0.05) is 19.3 Å². The molecule has 2 aromatic rings. The molecule has 1 aliphatic rings. The zero-order valence-electron chi connectivity index (χ0n) is 16.9. The highest BCUT2D eigenvalue weighted by atomic mass is 32.2.